The highest BCUT2D eigenvalue weighted by molar-refractivity contribution is 5.86. The number of hydrogen-bond acceptors (Lipinski definition) is 3. The summed E-state index contributed by atoms with van der Waals surface area (Å²) < 4.78 is 0. The van der Waals surface area contributed by atoms with Crippen LogP contribution >= 0.6 is 0 Å². The van der Waals surface area contributed by atoms with Crippen LogP contribution in [0.4, 0.5) is 4.79 Å². The number of nitrogens with one attached hydrogen (secondary N) is 1. The van der Waals surface area contributed by atoms with Crippen LogP contribution in [0.2, 0.25) is 0 Å². The molecule has 0 rings (SSSR count). The van der Waals surface area contributed by atoms with Crippen molar-refractivity contribution in [3.63, 3.8) is 0 Å². The van der Waals surface area contributed by atoms with E-state index >= 15 is 0 Å². The molecule has 0 spiro atoms. The number of nitrogens with zero attached hydrogens (tertiary/aromatic N) is 2. The Hall–Kier alpha value is -1.46. The molecule has 0 bridgehead atoms. The van der Waals surface area contributed by atoms with E-state index in [4.69, 9.17) is 10.9 Å². The normalized spacial score (nSPS) is 11.6. The number of oxime groups is 1. The SMILES string of the molecule is CCCNC(=O)N(CC(N)=NO)C(C)C. The van der Waals surface area contributed by atoms with E-state index in [1.165, 1.54) is 4.90 Å². The second-order valence-corrected chi connectivity index (χ2v) is 3.54. The molecule has 0 unspecified atom stereocenters. The Morgan fingerprint density at radius 1 is 1.60 bits per heavy atom. The highest BCUT2D eigenvalue weighted by atomic mass is 16.4. The molecule has 2 amide bonds. The van der Waals surface area contributed by atoms with Gasteiger partial charge in [-0.15, -0.1) is 0 Å². The molecular weight excluding hydrogens is 196 g/mol. The van der Waals surface area contributed by atoms with E-state index in [0.29, 0.717) is 6.54 Å². The van der Waals surface area contributed by atoms with Crippen LogP contribution in [0.5, 0.6) is 0 Å². The number of hydrogen-bond donors (Lipinski definition) is 3. The van der Waals surface area contributed by atoms with Crippen molar-refractivity contribution in [3.05, 3.63) is 0 Å². The minimum atomic E-state index is -0.196. The molecule has 0 saturated carbocycles. The number of carbonyl (C=O) groups excluding carboxylic acids is 1. The van der Waals surface area contributed by atoms with E-state index in [-0.39, 0.29) is 24.5 Å². The third-order valence-corrected chi connectivity index (χ3v) is 1.87. The zero-order chi connectivity index (χ0) is 11.8. The first kappa shape index (κ1) is 13.5. The summed E-state index contributed by atoms with van der Waals surface area (Å²) >= 11 is 0. The average molecular weight is 216 g/mol. The monoisotopic (exact) mass is 216 g/mol. The fraction of sp³-hybridized carbons (Fsp3) is 0.778. The molecule has 6 nitrogen and oxygen atoms in total. The first-order valence-electron chi connectivity index (χ1n) is 5.03. The van der Waals surface area contributed by atoms with Crippen LogP contribution in [-0.4, -0.2) is 41.1 Å². The van der Waals surface area contributed by atoms with Crippen molar-refractivity contribution in [2.75, 3.05) is 13.1 Å². The molecule has 15 heavy (non-hydrogen) atoms. The molecule has 0 aliphatic heterocycles. The van der Waals surface area contributed by atoms with Gasteiger partial charge in [0.1, 0.15) is 0 Å². The second kappa shape index (κ2) is 6.92. The minimum Gasteiger partial charge on any atom is -0.409 e. The summed E-state index contributed by atoms with van der Waals surface area (Å²) in [7, 11) is 0. The van der Waals surface area contributed by atoms with E-state index in [0.717, 1.165) is 6.42 Å². The van der Waals surface area contributed by atoms with Crippen molar-refractivity contribution in [3.8, 4) is 0 Å². The van der Waals surface area contributed by atoms with Gasteiger partial charge in [-0.25, -0.2) is 4.79 Å². The Balaban J connectivity index is 4.32. The number of amidine groups is 1. The molecule has 4 N–H and O–H groups in total. The maximum atomic E-state index is 11.6. The topological polar surface area (TPSA) is 91.0 Å². The Morgan fingerprint density at radius 3 is 2.60 bits per heavy atom. The summed E-state index contributed by atoms with van der Waals surface area (Å²) in [6.45, 7) is 6.47. The fourth-order valence-corrected chi connectivity index (χ4v) is 1.03. The number of carbonyl (C=O) groups is 1. The van der Waals surface area contributed by atoms with Gasteiger partial charge in [-0.3, -0.25) is 0 Å². The third kappa shape index (κ3) is 5.09. The molecule has 0 aromatic rings. The standard InChI is InChI=1S/C9H20N4O2/c1-4-5-11-9(14)13(7(2)3)6-8(10)12-15/h7,15H,4-6H2,1-3H3,(H2,10,12)(H,11,14). The van der Waals surface area contributed by atoms with E-state index in [9.17, 15) is 4.79 Å². The highest BCUT2D eigenvalue weighted by Crippen LogP contribution is 1.98. The van der Waals surface area contributed by atoms with Crippen molar-refractivity contribution in [1.82, 2.24) is 10.2 Å². The summed E-state index contributed by atoms with van der Waals surface area (Å²) in [5.74, 6) is 0.0235. The van der Waals surface area contributed by atoms with Gasteiger partial charge >= 0.3 is 6.03 Å². The first-order valence-corrected chi connectivity index (χ1v) is 5.03. The van der Waals surface area contributed by atoms with Crippen molar-refractivity contribution in [2.24, 2.45) is 10.9 Å². The predicted molar refractivity (Wildman–Crippen MR) is 58.9 cm³/mol. The van der Waals surface area contributed by atoms with Gasteiger partial charge in [0.2, 0.25) is 0 Å². The summed E-state index contributed by atoms with van der Waals surface area (Å²) in [4.78, 5) is 13.1. The quantitative estimate of drug-likeness (QED) is 0.271. The third-order valence-electron chi connectivity index (χ3n) is 1.87. The number of nitrogens with two attached hydrogens (primary N) is 1. The molecule has 0 fully saturated rings. The van der Waals surface area contributed by atoms with Gasteiger partial charge in [-0.2, -0.15) is 0 Å². The predicted octanol–water partition coefficient (Wildman–Crippen LogP) is 0.563. The van der Waals surface area contributed by atoms with Crippen molar-refractivity contribution < 1.29 is 10.0 Å². The van der Waals surface area contributed by atoms with Crippen molar-refractivity contribution in [1.29, 1.82) is 0 Å². The second-order valence-electron chi connectivity index (χ2n) is 3.54. The molecule has 0 heterocycles. The molecule has 0 aromatic heterocycles. The maximum absolute atomic E-state index is 11.6. The number of urea groups is 1. The lowest BCUT2D eigenvalue weighted by atomic mass is 10.3. The Labute approximate surface area is 90.1 Å². The molecular formula is C9H20N4O2. The van der Waals surface area contributed by atoms with Gasteiger partial charge in [0.25, 0.3) is 0 Å². The summed E-state index contributed by atoms with van der Waals surface area (Å²) in [5, 5.41) is 14.0. The van der Waals surface area contributed by atoms with Gasteiger partial charge < -0.3 is 21.2 Å². The Bertz CT molecular complexity index is 228. The summed E-state index contributed by atoms with van der Waals surface area (Å²) in [6.07, 6.45) is 0.876. The molecule has 0 radical (unpaired) electrons. The minimum absolute atomic E-state index is 0.00200. The van der Waals surface area contributed by atoms with Crippen LogP contribution in [-0.2, 0) is 0 Å². The zero-order valence-corrected chi connectivity index (χ0v) is 9.53. The number of amides is 2. The van der Waals surface area contributed by atoms with Crippen LogP contribution < -0.4 is 11.1 Å². The van der Waals surface area contributed by atoms with Gasteiger partial charge in [0, 0.05) is 12.6 Å². The van der Waals surface area contributed by atoms with Gasteiger partial charge in [0.05, 0.1) is 6.54 Å². The van der Waals surface area contributed by atoms with Crippen LogP contribution in [0.15, 0.2) is 5.16 Å². The van der Waals surface area contributed by atoms with Crippen LogP contribution in [0.3, 0.4) is 0 Å². The molecule has 0 aliphatic rings. The lowest BCUT2D eigenvalue weighted by molar-refractivity contribution is 0.191. The molecule has 0 atom stereocenters. The summed E-state index contributed by atoms with van der Waals surface area (Å²) in [6, 6.07) is -0.194. The van der Waals surface area contributed by atoms with E-state index in [1.807, 2.05) is 20.8 Å². The van der Waals surface area contributed by atoms with E-state index in [2.05, 4.69) is 10.5 Å². The lowest BCUT2D eigenvalue weighted by Gasteiger charge is -2.26. The Morgan fingerprint density at radius 2 is 2.20 bits per heavy atom. The average Bonchev–Trinajstić information content (AvgIpc) is 2.21. The van der Waals surface area contributed by atoms with Gasteiger partial charge in [-0.1, -0.05) is 12.1 Å². The van der Waals surface area contributed by atoms with Crippen molar-refractivity contribution >= 4 is 11.9 Å². The number of rotatable bonds is 5. The van der Waals surface area contributed by atoms with Crippen LogP contribution in [0, 0.1) is 0 Å². The van der Waals surface area contributed by atoms with Gasteiger partial charge in [-0.05, 0) is 20.3 Å². The summed E-state index contributed by atoms with van der Waals surface area (Å²) in [5.41, 5.74) is 5.36. The van der Waals surface area contributed by atoms with Crippen molar-refractivity contribution in [2.45, 2.75) is 33.2 Å². The van der Waals surface area contributed by atoms with Gasteiger partial charge in [0.15, 0.2) is 5.84 Å². The molecule has 88 valence electrons. The fourth-order valence-electron chi connectivity index (χ4n) is 1.03. The highest BCUT2D eigenvalue weighted by Gasteiger charge is 2.17. The zero-order valence-electron chi connectivity index (χ0n) is 9.53. The van der Waals surface area contributed by atoms with E-state index < -0.39 is 0 Å². The maximum Gasteiger partial charge on any atom is 0.318 e. The van der Waals surface area contributed by atoms with E-state index in [1.54, 1.807) is 0 Å². The molecule has 0 aliphatic carbocycles. The largest absolute Gasteiger partial charge is 0.409 e. The van der Waals surface area contributed by atoms with Crippen LogP contribution in [0.1, 0.15) is 27.2 Å². The lowest BCUT2D eigenvalue weighted by Crippen LogP contribution is -2.48. The molecule has 0 saturated heterocycles. The molecule has 6 heteroatoms. The molecule has 0 aromatic carbocycles. The smallest absolute Gasteiger partial charge is 0.318 e. The first-order chi connectivity index (χ1) is 7.02. The Kier molecular flexibility index (Phi) is 6.24. The van der Waals surface area contributed by atoms with Crippen LogP contribution in [0.25, 0.3) is 0 Å².